The number of para-hydroxylation sites is 1. The fourth-order valence-corrected chi connectivity index (χ4v) is 2.40. The molecule has 0 bridgehead atoms. The Hall–Kier alpha value is -2.04. The number of hydrogen-bond acceptors (Lipinski definition) is 3. The molecule has 2 N–H and O–H groups in total. The Labute approximate surface area is 133 Å². The first-order valence-corrected chi connectivity index (χ1v) is 7.24. The van der Waals surface area contributed by atoms with Crippen LogP contribution in [0.4, 0.5) is 0 Å². The summed E-state index contributed by atoms with van der Waals surface area (Å²) in [4.78, 5) is 9.00. The largest absolute Gasteiger partial charge is 0.485 e. The van der Waals surface area contributed by atoms with Crippen LogP contribution >= 0.6 is 11.6 Å². The van der Waals surface area contributed by atoms with Crippen LogP contribution in [-0.2, 0) is 4.79 Å². The summed E-state index contributed by atoms with van der Waals surface area (Å²) in [6.45, 7) is 1.08. The molecule has 2 aromatic carbocycles. The smallest absolute Gasteiger partial charge is 0.300 e. The molecule has 22 heavy (non-hydrogen) atoms. The molecule has 0 aromatic heterocycles. The molecular weight excluding hydrogens is 304 g/mol. The number of ether oxygens (including phenoxy) is 1. The molecule has 1 heterocycles. The van der Waals surface area contributed by atoms with Gasteiger partial charge < -0.3 is 14.9 Å². The van der Waals surface area contributed by atoms with Gasteiger partial charge in [0, 0.05) is 23.9 Å². The van der Waals surface area contributed by atoms with Gasteiger partial charge in [-0.3, -0.25) is 4.79 Å². The maximum atomic E-state index is 10.1. The molecule has 116 valence electrons. The molecule has 0 radical (unpaired) electrons. The van der Waals surface area contributed by atoms with Gasteiger partial charge in [0.05, 0.1) is 6.10 Å². The van der Waals surface area contributed by atoms with Gasteiger partial charge in [-0.1, -0.05) is 41.9 Å². The van der Waals surface area contributed by atoms with Crippen molar-refractivity contribution in [1.29, 1.82) is 0 Å². The number of benzene rings is 2. The third-order valence-electron chi connectivity index (χ3n) is 3.23. The predicted molar refractivity (Wildman–Crippen MR) is 84.1 cm³/mol. The molecule has 0 saturated carbocycles. The van der Waals surface area contributed by atoms with Crippen molar-refractivity contribution in [3.8, 4) is 5.75 Å². The summed E-state index contributed by atoms with van der Waals surface area (Å²) in [7, 11) is 0. The maximum Gasteiger partial charge on any atom is 0.300 e. The van der Waals surface area contributed by atoms with E-state index in [0.717, 1.165) is 23.8 Å². The van der Waals surface area contributed by atoms with Crippen LogP contribution in [0.5, 0.6) is 5.75 Å². The van der Waals surface area contributed by atoms with Crippen LogP contribution in [0.15, 0.2) is 48.5 Å². The lowest BCUT2D eigenvalue weighted by molar-refractivity contribution is -0.134. The summed E-state index contributed by atoms with van der Waals surface area (Å²) in [5.41, 5.74) is 1.90. The number of rotatable bonds is 1. The summed E-state index contributed by atoms with van der Waals surface area (Å²) in [6, 6.07) is 15.2. The summed E-state index contributed by atoms with van der Waals surface area (Å²) in [5.74, 6) is -0.0730. The number of carboxylic acids is 1. The van der Waals surface area contributed by atoms with Crippen LogP contribution < -0.4 is 4.74 Å². The van der Waals surface area contributed by atoms with E-state index in [4.69, 9.17) is 26.2 Å². The Balaban J connectivity index is 0.000000396. The lowest BCUT2D eigenvalue weighted by Crippen LogP contribution is -2.18. The first kappa shape index (κ1) is 16.3. The summed E-state index contributed by atoms with van der Waals surface area (Å²) in [5, 5.41) is 18.3. The van der Waals surface area contributed by atoms with Crippen molar-refractivity contribution in [3.63, 3.8) is 0 Å². The summed E-state index contributed by atoms with van der Waals surface area (Å²) < 4.78 is 5.93. The minimum Gasteiger partial charge on any atom is -0.485 e. The van der Waals surface area contributed by atoms with Crippen molar-refractivity contribution in [2.24, 2.45) is 0 Å². The van der Waals surface area contributed by atoms with Gasteiger partial charge in [0.15, 0.2) is 0 Å². The van der Waals surface area contributed by atoms with E-state index >= 15 is 0 Å². The average Bonchev–Trinajstić information content (AvgIpc) is 2.47. The van der Waals surface area contributed by atoms with E-state index in [1.807, 2.05) is 48.5 Å². The first-order valence-electron chi connectivity index (χ1n) is 6.86. The van der Waals surface area contributed by atoms with Crippen molar-refractivity contribution in [1.82, 2.24) is 0 Å². The van der Waals surface area contributed by atoms with E-state index in [1.165, 1.54) is 0 Å². The second kappa shape index (κ2) is 7.29. The monoisotopic (exact) mass is 320 g/mol. The molecule has 2 aromatic rings. The molecule has 2 atom stereocenters. The normalized spacial score (nSPS) is 19.2. The third-order valence-corrected chi connectivity index (χ3v) is 3.48. The van der Waals surface area contributed by atoms with Gasteiger partial charge >= 0.3 is 0 Å². The lowest BCUT2D eigenvalue weighted by atomic mass is 9.95. The predicted octanol–water partition coefficient (Wildman–Crippen LogP) is 3.99. The number of aliphatic hydroxyl groups excluding tert-OH is 1. The maximum absolute atomic E-state index is 10.1. The van der Waals surface area contributed by atoms with Crippen LogP contribution in [0.1, 0.15) is 36.7 Å². The number of hydrogen-bond donors (Lipinski definition) is 2. The van der Waals surface area contributed by atoms with Gasteiger partial charge in [0.2, 0.25) is 0 Å². The van der Waals surface area contributed by atoms with Crippen LogP contribution in [-0.4, -0.2) is 16.2 Å². The molecule has 5 heteroatoms. The Kier molecular flexibility index (Phi) is 5.41. The molecule has 3 rings (SSSR count). The van der Waals surface area contributed by atoms with Crippen LogP contribution in [0.3, 0.4) is 0 Å². The molecule has 0 saturated heterocycles. The number of carboxylic acid groups (broad SMARTS) is 1. The van der Waals surface area contributed by atoms with Gasteiger partial charge in [-0.2, -0.15) is 0 Å². The minimum atomic E-state index is -0.833. The quantitative estimate of drug-likeness (QED) is 0.833. The SMILES string of the molecule is CC(=O)O.OC1CC(c2ccc(Cl)cc2)Oc2ccccc21. The zero-order valence-corrected chi connectivity index (χ0v) is 12.8. The van der Waals surface area contributed by atoms with Gasteiger partial charge in [-0.25, -0.2) is 0 Å². The fourth-order valence-electron chi connectivity index (χ4n) is 2.28. The van der Waals surface area contributed by atoms with E-state index in [2.05, 4.69) is 0 Å². The molecule has 0 amide bonds. The number of fused-ring (bicyclic) bond motifs is 1. The highest BCUT2D eigenvalue weighted by Crippen LogP contribution is 2.40. The highest BCUT2D eigenvalue weighted by atomic mass is 35.5. The second-order valence-corrected chi connectivity index (χ2v) is 5.40. The van der Waals surface area contributed by atoms with Gasteiger partial charge in [-0.05, 0) is 23.8 Å². The molecule has 4 nitrogen and oxygen atoms in total. The molecule has 1 aliphatic heterocycles. The number of halogens is 1. The Morgan fingerprint density at radius 2 is 1.77 bits per heavy atom. The Morgan fingerprint density at radius 1 is 1.18 bits per heavy atom. The van der Waals surface area contributed by atoms with Crippen molar-refractivity contribution in [2.45, 2.75) is 25.6 Å². The topological polar surface area (TPSA) is 66.8 Å². The molecule has 0 fully saturated rings. The van der Waals surface area contributed by atoms with Gasteiger partial charge in [0.25, 0.3) is 5.97 Å². The summed E-state index contributed by atoms with van der Waals surface area (Å²) in [6.07, 6.45) is -0.0265. The van der Waals surface area contributed by atoms with E-state index in [-0.39, 0.29) is 6.10 Å². The molecular formula is C17H17ClO4. The number of aliphatic carboxylic acids is 1. The minimum absolute atomic E-state index is 0.118. The standard InChI is InChI=1S/C15H13ClO2.C2H4O2/c16-11-7-5-10(6-8-11)15-9-13(17)12-3-1-2-4-14(12)18-15;1-2(3)4/h1-8,13,15,17H,9H2;1H3,(H,3,4). The van der Waals surface area contributed by atoms with Crippen molar-refractivity contribution >= 4 is 17.6 Å². The molecule has 0 aliphatic carbocycles. The van der Waals surface area contributed by atoms with E-state index < -0.39 is 12.1 Å². The highest BCUT2D eigenvalue weighted by molar-refractivity contribution is 6.30. The number of carbonyl (C=O) groups is 1. The zero-order chi connectivity index (χ0) is 16.1. The van der Waals surface area contributed by atoms with E-state index in [0.29, 0.717) is 11.4 Å². The molecule has 1 aliphatic rings. The molecule has 0 spiro atoms. The highest BCUT2D eigenvalue weighted by Gasteiger charge is 2.27. The molecule has 2 unspecified atom stereocenters. The van der Waals surface area contributed by atoms with Gasteiger partial charge in [0.1, 0.15) is 11.9 Å². The van der Waals surface area contributed by atoms with Crippen molar-refractivity contribution in [3.05, 3.63) is 64.7 Å². The first-order chi connectivity index (χ1) is 10.5. The van der Waals surface area contributed by atoms with Crippen molar-refractivity contribution in [2.75, 3.05) is 0 Å². The third kappa shape index (κ3) is 4.23. The average molecular weight is 321 g/mol. The van der Waals surface area contributed by atoms with Crippen molar-refractivity contribution < 1.29 is 19.7 Å². The lowest BCUT2D eigenvalue weighted by Gasteiger charge is -2.29. The van der Waals surface area contributed by atoms with Gasteiger partial charge in [-0.15, -0.1) is 0 Å². The number of aliphatic hydroxyl groups is 1. The van der Waals surface area contributed by atoms with Crippen LogP contribution in [0, 0.1) is 0 Å². The zero-order valence-electron chi connectivity index (χ0n) is 12.1. The fraction of sp³-hybridized carbons (Fsp3) is 0.235. The van der Waals surface area contributed by atoms with E-state index in [1.54, 1.807) is 0 Å². The van der Waals surface area contributed by atoms with E-state index in [9.17, 15) is 5.11 Å². The van der Waals surface area contributed by atoms with Crippen LogP contribution in [0.25, 0.3) is 0 Å². The van der Waals surface area contributed by atoms with Crippen LogP contribution in [0.2, 0.25) is 5.02 Å². The second-order valence-electron chi connectivity index (χ2n) is 4.97. The summed E-state index contributed by atoms with van der Waals surface area (Å²) >= 11 is 5.87. The Bertz CT molecular complexity index is 635. The Morgan fingerprint density at radius 3 is 2.41 bits per heavy atom.